The Balaban J connectivity index is 0.00000112. The first-order valence-electron chi connectivity index (χ1n) is 6.32. The number of rotatable bonds is 2. The number of halogens is 2. The predicted octanol–water partition coefficient (Wildman–Crippen LogP) is 2.83. The average molecular weight is 269 g/mol. The van der Waals surface area contributed by atoms with Gasteiger partial charge in [-0.2, -0.15) is 0 Å². The van der Waals surface area contributed by atoms with Crippen molar-refractivity contribution in [1.29, 1.82) is 0 Å². The van der Waals surface area contributed by atoms with E-state index in [2.05, 4.69) is 4.90 Å². The highest BCUT2D eigenvalue weighted by molar-refractivity contribution is 5.85. The van der Waals surface area contributed by atoms with Gasteiger partial charge in [0, 0.05) is 19.1 Å². The Hall–Kier alpha value is 0.500. The van der Waals surface area contributed by atoms with Crippen molar-refractivity contribution in [2.75, 3.05) is 19.6 Å². The lowest BCUT2D eigenvalue weighted by Gasteiger charge is -2.34. The molecule has 1 saturated carbocycles. The predicted molar refractivity (Wildman–Crippen MR) is 74.7 cm³/mol. The molecule has 1 aliphatic carbocycles. The second-order valence-electron chi connectivity index (χ2n) is 5.17. The van der Waals surface area contributed by atoms with Crippen LogP contribution in [0.25, 0.3) is 0 Å². The Morgan fingerprint density at radius 3 is 2.25 bits per heavy atom. The summed E-state index contributed by atoms with van der Waals surface area (Å²) >= 11 is 0. The number of piperidine rings is 1. The summed E-state index contributed by atoms with van der Waals surface area (Å²) in [6, 6.07) is 0.451. The van der Waals surface area contributed by atoms with Gasteiger partial charge in [-0.1, -0.05) is 19.3 Å². The normalized spacial score (nSPS) is 27.9. The van der Waals surface area contributed by atoms with E-state index in [0.717, 1.165) is 12.5 Å². The largest absolute Gasteiger partial charge is 0.327 e. The fraction of sp³-hybridized carbons (Fsp3) is 1.00. The van der Waals surface area contributed by atoms with Crippen LogP contribution in [0, 0.1) is 5.92 Å². The molecule has 1 saturated heterocycles. The van der Waals surface area contributed by atoms with Crippen molar-refractivity contribution in [3.63, 3.8) is 0 Å². The van der Waals surface area contributed by atoms with Crippen LogP contribution in [-0.2, 0) is 0 Å². The lowest BCUT2D eigenvalue weighted by Crippen LogP contribution is -2.44. The van der Waals surface area contributed by atoms with Crippen LogP contribution in [-0.4, -0.2) is 30.6 Å². The zero-order chi connectivity index (χ0) is 9.80. The molecule has 0 radical (unpaired) electrons. The van der Waals surface area contributed by atoms with Gasteiger partial charge in [-0.3, -0.25) is 0 Å². The molecule has 0 amide bonds. The number of nitrogens with zero attached hydrogens (tertiary/aromatic N) is 1. The summed E-state index contributed by atoms with van der Waals surface area (Å²) in [5.74, 6) is 0.981. The topological polar surface area (TPSA) is 29.3 Å². The Bertz CT molecular complexity index is 172. The Morgan fingerprint density at radius 2 is 1.62 bits per heavy atom. The molecular weight excluding hydrogens is 243 g/mol. The Kier molecular flexibility index (Phi) is 8.84. The van der Waals surface area contributed by atoms with Crippen molar-refractivity contribution in [3.8, 4) is 0 Å². The van der Waals surface area contributed by atoms with Crippen molar-refractivity contribution < 1.29 is 0 Å². The smallest absolute Gasteiger partial charge is 0.0168 e. The van der Waals surface area contributed by atoms with Crippen molar-refractivity contribution in [2.45, 2.75) is 51.0 Å². The molecule has 4 heteroatoms. The molecule has 98 valence electrons. The molecule has 0 aromatic carbocycles. The zero-order valence-electron chi connectivity index (χ0n) is 10.1. The Labute approximate surface area is 112 Å². The molecule has 16 heavy (non-hydrogen) atoms. The summed E-state index contributed by atoms with van der Waals surface area (Å²) in [6.45, 7) is 3.77. The van der Waals surface area contributed by atoms with Crippen molar-refractivity contribution in [3.05, 3.63) is 0 Å². The summed E-state index contributed by atoms with van der Waals surface area (Å²) in [6.07, 6.45) is 9.87. The molecule has 0 aromatic heterocycles. The van der Waals surface area contributed by atoms with Crippen LogP contribution in [0.4, 0.5) is 0 Å². The molecule has 2 nitrogen and oxygen atoms in total. The van der Waals surface area contributed by atoms with E-state index in [0.29, 0.717) is 6.04 Å². The van der Waals surface area contributed by atoms with Gasteiger partial charge >= 0.3 is 0 Å². The third-order valence-electron chi connectivity index (χ3n) is 3.78. The highest BCUT2D eigenvalue weighted by atomic mass is 35.5. The number of nitrogens with two attached hydrogens (primary N) is 1. The summed E-state index contributed by atoms with van der Waals surface area (Å²) in [5.41, 5.74) is 5.99. The van der Waals surface area contributed by atoms with Crippen molar-refractivity contribution >= 4 is 24.8 Å². The molecule has 1 aliphatic heterocycles. The van der Waals surface area contributed by atoms with Gasteiger partial charge in [-0.05, 0) is 38.1 Å². The van der Waals surface area contributed by atoms with E-state index < -0.39 is 0 Å². The summed E-state index contributed by atoms with van der Waals surface area (Å²) < 4.78 is 0. The third-order valence-corrected chi connectivity index (χ3v) is 3.78. The second-order valence-corrected chi connectivity index (χ2v) is 5.17. The van der Waals surface area contributed by atoms with Crippen LogP contribution in [0.15, 0.2) is 0 Å². The molecule has 2 fully saturated rings. The van der Waals surface area contributed by atoms with Crippen LogP contribution >= 0.6 is 24.8 Å². The summed E-state index contributed by atoms with van der Waals surface area (Å²) in [7, 11) is 0. The third kappa shape index (κ3) is 5.22. The van der Waals surface area contributed by atoms with Gasteiger partial charge in [0.1, 0.15) is 0 Å². The number of likely N-dealkylation sites (tertiary alicyclic amines) is 1. The van der Waals surface area contributed by atoms with E-state index in [1.165, 1.54) is 58.0 Å². The van der Waals surface area contributed by atoms with Crippen LogP contribution in [0.3, 0.4) is 0 Å². The average Bonchev–Trinajstić information content (AvgIpc) is 2.19. The quantitative estimate of drug-likeness (QED) is 0.835. The molecule has 0 spiro atoms. The van der Waals surface area contributed by atoms with E-state index in [1.807, 2.05) is 0 Å². The standard InChI is InChI=1S/C12H24N2.2ClH/c13-12-7-4-8-14(10-12)9-11-5-2-1-3-6-11;;/h11-12H,1-10,13H2;2*1H/t12-;;/m1../s1. The lowest BCUT2D eigenvalue weighted by atomic mass is 9.88. The molecule has 0 aromatic rings. The molecular formula is C12H26Cl2N2. The maximum atomic E-state index is 5.99. The summed E-state index contributed by atoms with van der Waals surface area (Å²) in [4.78, 5) is 2.60. The first-order valence-corrected chi connectivity index (χ1v) is 6.32. The van der Waals surface area contributed by atoms with E-state index >= 15 is 0 Å². The van der Waals surface area contributed by atoms with E-state index in [1.54, 1.807) is 0 Å². The molecule has 1 atom stereocenters. The zero-order valence-corrected chi connectivity index (χ0v) is 11.7. The minimum atomic E-state index is 0. The number of hydrogen-bond acceptors (Lipinski definition) is 2. The van der Waals surface area contributed by atoms with Gasteiger partial charge in [0.25, 0.3) is 0 Å². The van der Waals surface area contributed by atoms with Gasteiger partial charge in [0.05, 0.1) is 0 Å². The number of hydrogen-bond donors (Lipinski definition) is 1. The molecule has 0 bridgehead atoms. The van der Waals surface area contributed by atoms with Crippen molar-refractivity contribution in [1.82, 2.24) is 4.90 Å². The lowest BCUT2D eigenvalue weighted by molar-refractivity contribution is 0.161. The van der Waals surface area contributed by atoms with E-state index in [9.17, 15) is 0 Å². The summed E-state index contributed by atoms with van der Waals surface area (Å²) in [5, 5.41) is 0. The SMILES string of the molecule is Cl.Cl.N[C@@H]1CCCN(CC2CCCCC2)C1. The van der Waals surface area contributed by atoms with Crippen LogP contribution < -0.4 is 5.73 Å². The molecule has 2 aliphatic rings. The van der Waals surface area contributed by atoms with E-state index in [-0.39, 0.29) is 24.8 Å². The second kappa shape index (κ2) is 8.57. The van der Waals surface area contributed by atoms with Gasteiger partial charge in [-0.15, -0.1) is 24.8 Å². The molecule has 2 N–H and O–H groups in total. The minimum Gasteiger partial charge on any atom is -0.327 e. The maximum Gasteiger partial charge on any atom is 0.0168 e. The van der Waals surface area contributed by atoms with Crippen molar-refractivity contribution in [2.24, 2.45) is 11.7 Å². The first-order chi connectivity index (χ1) is 6.84. The van der Waals surface area contributed by atoms with E-state index in [4.69, 9.17) is 5.73 Å². The van der Waals surface area contributed by atoms with Crippen LogP contribution in [0.2, 0.25) is 0 Å². The molecule has 0 unspecified atom stereocenters. The Morgan fingerprint density at radius 1 is 0.938 bits per heavy atom. The highest BCUT2D eigenvalue weighted by Crippen LogP contribution is 2.25. The highest BCUT2D eigenvalue weighted by Gasteiger charge is 2.21. The minimum absolute atomic E-state index is 0. The molecule has 2 rings (SSSR count). The molecule has 1 heterocycles. The monoisotopic (exact) mass is 268 g/mol. The van der Waals surface area contributed by atoms with Gasteiger partial charge in [-0.25, -0.2) is 0 Å². The van der Waals surface area contributed by atoms with Crippen LogP contribution in [0.5, 0.6) is 0 Å². The van der Waals surface area contributed by atoms with Crippen LogP contribution in [0.1, 0.15) is 44.9 Å². The first kappa shape index (κ1) is 16.5. The fourth-order valence-corrected chi connectivity index (χ4v) is 2.99. The van der Waals surface area contributed by atoms with Gasteiger partial charge in [0.2, 0.25) is 0 Å². The fourth-order valence-electron chi connectivity index (χ4n) is 2.99. The van der Waals surface area contributed by atoms with Gasteiger partial charge < -0.3 is 10.6 Å². The maximum absolute atomic E-state index is 5.99. The van der Waals surface area contributed by atoms with Gasteiger partial charge in [0.15, 0.2) is 0 Å².